The molecule has 2 N–H and O–H groups in total. The standard InChI is InChI=1S/C22H25F3N2O3/c1-21(2,3)30-20(29)16-12-14(22(23,24)25)9-10-15(16)19(28)27-18-11-8-13-6-4-5-7-17(13)26-18/h8-12,19,28H,4-7H2,1-3H3,(H,26,27). The topological polar surface area (TPSA) is 71.5 Å². The number of anilines is 1. The summed E-state index contributed by atoms with van der Waals surface area (Å²) in [6.07, 6.45) is -2.14. The van der Waals surface area contributed by atoms with Crippen LogP contribution < -0.4 is 5.32 Å². The van der Waals surface area contributed by atoms with Crippen molar-refractivity contribution in [1.82, 2.24) is 4.98 Å². The van der Waals surface area contributed by atoms with Crippen molar-refractivity contribution < 1.29 is 27.8 Å². The van der Waals surface area contributed by atoms with E-state index in [-0.39, 0.29) is 11.1 Å². The van der Waals surface area contributed by atoms with Crippen molar-refractivity contribution in [1.29, 1.82) is 0 Å². The lowest BCUT2D eigenvalue weighted by Gasteiger charge is -2.23. The van der Waals surface area contributed by atoms with Gasteiger partial charge in [-0.25, -0.2) is 9.78 Å². The van der Waals surface area contributed by atoms with Gasteiger partial charge in [0, 0.05) is 11.3 Å². The lowest BCUT2D eigenvalue weighted by molar-refractivity contribution is -0.137. The van der Waals surface area contributed by atoms with E-state index in [9.17, 15) is 23.1 Å². The van der Waals surface area contributed by atoms with Gasteiger partial charge >= 0.3 is 12.1 Å². The highest BCUT2D eigenvalue weighted by Crippen LogP contribution is 2.33. The first-order chi connectivity index (χ1) is 13.9. The largest absolute Gasteiger partial charge is 0.456 e. The Morgan fingerprint density at radius 3 is 2.50 bits per heavy atom. The summed E-state index contributed by atoms with van der Waals surface area (Å²) in [6.45, 7) is 4.84. The van der Waals surface area contributed by atoms with Gasteiger partial charge in [-0.15, -0.1) is 0 Å². The summed E-state index contributed by atoms with van der Waals surface area (Å²) in [5.74, 6) is -0.555. The predicted octanol–water partition coefficient (Wildman–Crippen LogP) is 5.04. The van der Waals surface area contributed by atoms with Gasteiger partial charge in [-0.1, -0.05) is 12.1 Å². The van der Waals surface area contributed by atoms with E-state index in [1.165, 1.54) is 0 Å². The summed E-state index contributed by atoms with van der Waals surface area (Å²) in [6, 6.07) is 6.25. The number of nitrogens with one attached hydrogen (secondary N) is 1. The van der Waals surface area contributed by atoms with Gasteiger partial charge in [-0.3, -0.25) is 0 Å². The molecule has 5 nitrogen and oxygen atoms in total. The van der Waals surface area contributed by atoms with Crippen molar-refractivity contribution in [3.63, 3.8) is 0 Å². The van der Waals surface area contributed by atoms with Gasteiger partial charge in [0.15, 0.2) is 6.23 Å². The normalized spacial score (nSPS) is 15.3. The highest BCUT2D eigenvalue weighted by molar-refractivity contribution is 5.92. The molecule has 0 fully saturated rings. The minimum Gasteiger partial charge on any atom is -0.456 e. The van der Waals surface area contributed by atoms with Gasteiger partial charge in [-0.05, 0) is 70.2 Å². The van der Waals surface area contributed by atoms with Gasteiger partial charge in [0.1, 0.15) is 11.4 Å². The Hall–Kier alpha value is -2.61. The molecule has 0 radical (unpaired) electrons. The van der Waals surface area contributed by atoms with E-state index in [2.05, 4.69) is 10.3 Å². The average molecular weight is 422 g/mol. The number of halogens is 3. The first-order valence-electron chi connectivity index (χ1n) is 9.82. The maximum atomic E-state index is 13.2. The van der Waals surface area contributed by atoms with Gasteiger partial charge in [0.25, 0.3) is 0 Å². The van der Waals surface area contributed by atoms with E-state index < -0.39 is 29.5 Å². The number of aromatic nitrogens is 1. The fraction of sp³-hybridized carbons (Fsp3) is 0.455. The number of nitrogens with zero attached hydrogens (tertiary/aromatic N) is 1. The quantitative estimate of drug-likeness (QED) is 0.534. The number of hydrogen-bond donors (Lipinski definition) is 2. The number of ether oxygens (including phenoxy) is 1. The van der Waals surface area contributed by atoms with E-state index >= 15 is 0 Å². The Morgan fingerprint density at radius 2 is 1.83 bits per heavy atom. The number of pyridine rings is 1. The van der Waals surface area contributed by atoms with Gasteiger partial charge in [0.05, 0.1) is 11.1 Å². The van der Waals surface area contributed by atoms with Crippen molar-refractivity contribution in [2.75, 3.05) is 5.32 Å². The maximum Gasteiger partial charge on any atom is 0.416 e. The van der Waals surface area contributed by atoms with E-state index in [0.717, 1.165) is 49.1 Å². The number of carbonyl (C=O) groups excluding carboxylic acids is 1. The number of aliphatic hydroxyl groups is 1. The molecular weight excluding hydrogens is 397 g/mol. The number of aliphatic hydroxyl groups excluding tert-OH is 1. The molecule has 0 spiro atoms. The van der Waals surface area contributed by atoms with E-state index in [4.69, 9.17) is 4.74 Å². The monoisotopic (exact) mass is 422 g/mol. The molecule has 1 aromatic carbocycles. The number of aryl methyl sites for hydroxylation is 2. The molecule has 3 rings (SSSR count). The van der Waals surface area contributed by atoms with Gasteiger partial charge in [-0.2, -0.15) is 13.2 Å². The van der Waals surface area contributed by atoms with E-state index in [1.54, 1.807) is 26.8 Å². The number of rotatable bonds is 4. The molecule has 1 aliphatic rings. The average Bonchev–Trinajstić information content (AvgIpc) is 2.65. The number of hydrogen-bond acceptors (Lipinski definition) is 5. The number of carbonyl (C=O) groups is 1. The SMILES string of the molecule is CC(C)(C)OC(=O)c1cc(C(F)(F)F)ccc1C(O)Nc1ccc2c(n1)CCCC2. The summed E-state index contributed by atoms with van der Waals surface area (Å²) < 4.78 is 44.8. The lowest BCUT2D eigenvalue weighted by atomic mass is 9.96. The van der Waals surface area contributed by atoms with Gasteiger partial charge in [0.2, 0.25) is 0 Å². The highest BCUT2D eigenvalue weighted by atomic mass is 19.4. The molecular formula is C22H25F3N2O3. The fourth-order valence-corrected chi connectivity index (χ4v) is 3.36. The van der Waals surface area contributed by atoms with Crippen molar-refractivity contribution in [3.05, 3.63) is 58.3 Å². The molecule has 1 atom stereocenters. The maximum absolute atomic E-state index is 13.2. The molecule has 0 bridgehead atoms. The zero-order valence-electron chi connectivity index (χ0n) is 17.1. The lowest BCUT2D eigenvalue weighted by Crippen LogP contribution is -2.26. The van der Waals surface area contributed by atoms with E-state index in [0.29, 0.717) is 11.9 Å². The van der Waals surface area contributed by atoms with Crippen LogP contribution in [0.1, 0.15) is 72.6 Å². The van der Waals surface area contributed by atoms with Crippen molar-refractivity contribution >= 4 is 11.8 Å². The summed E-state index contributed by atoms with van der Waals surface area (Å²) in [5, 5.41) is 13.4. The molecule has 8 heteroatoms. The minimum atomic E-state index is -4.63. The highest BCUT2D eigenvalue weighted by Gasteiger charge is 2.33. The van der Waals surface area contributed by atoms with Crippen molar-refractivity contribution in [3.8, 4) is 0 Å². The van der Waals surface area contributed by atoms with Crippen molar-refractivity contribution in [2.24, 2.45) is 0 Å². The summed E-state index contributed by atoms with van der Waals surface area (Å²) in [7, 11) is 0. The molecule has 0 saturated carbocycles. The first-order valence-corrected chi connectivity index (χ1v) is 9.82. The Balaban J connectivity index is 1.92. The number of benzene rings is 1. The Morgan fingerprint density at radius 1 is 1.13 bits per heavy atom. The van der Waals surface area contributed by atoms with Crippen LogP contribution in [0.5, 0.6) is 0 Å². The Kier molecular flexibility index (Phi) is 6.08. The smallest absolute Gasteiger partial charge is 0.416 e. The van der Waals surface area contributed by atoms with Crippen LogP contribution in [0.3, 0.4) is 0 Å². The van der Waals surface area contributed by atoms with Crippen LogP contribution in [-0.2, 0) is 23.8 Å². The third-order valence-corrected chi connectivity index (χ3v) is 4.76. The van der Waals surface area contributed by atoms with Crippen LogP contribution in [-0.4, -0.2) is 21.7 Å². The minimum absolute atomic E-state index is 0.0169. The molecule has 1 aliphatic carbocycles. The van der Waals surface area contributed by atoms with Crippen LogP contribution >= 0.6 is 0 Å². The van der Waals surface area contributed by atoms with E-state index in [1.807, 2.05) is 6.07 Å². The third-order valence-electron chi connectivity index (χ3n) is 4.76. The number of alkyl halides is 3. The molecule has 1 aromatic heterocycles. The summed E-state index contributed by atoms with van der Waals surface area (Å²) >= 11 is 0. The Bertz CT molecular complexity index is 936. The molecule has 1 heterocycles. The molecule has 0 saturated heterocycles. The molecule has 162 valence electrons. The summed E-state index contributed by atoms with van der Waals surface area (Å²) in [4.78, 5) is 17.1. The summed E-state index contributed by atoms with van der Waals surface area (Å²) in [5.41, 5.74) is -0.162. The van der Waals surface area contributed by atoms with Crippen LogP contribution in [0.25, 0.3) is 0 Å². The first kappa shape index (κ1) is 22.1. The molecule has 30 heavy (non-hydrogen) atoms. The van der Waals surface area contributed by atoms with Crippen LogP contribution in [0.15, 0.2) is 30.3 Å². The third kappa shape index (κ3) is 5.30. The molecule has 0 aliphatic heterocycles. The second-order valence-corrected chi connectivity index (χ2v) is 8.36. The predicted molar refractivity (Wildman–Crippen MR) is 106 cm³/mol. The zero-order valence-corrected chi connectivity index (χ0v) is 17.1. The van der Waals surface area contributed by atoms with Gasteiger partial charge < -0.3 is 15.2 Å². The zero-order chi connectivity index (χ0) is 22.1. The second-order valence-electron chi connectivity index (χ2n) is 8.36. The fourth-order valence-electron chi connectivity index (χ4n) is 3.36. The van der Waals surface area contributed by atoms with Crippen LogP contribution in [0, 0.1) is 0 Å². The molecule has 0 amide bonds. The number of esters is 1. The number of fused-ring (bicyclic) bond motifs is 1. The van der Waals surface area contributed by atoms with Crippen LogP contribution in [0.2, 0.25) is 0 Å². The molecule has 1 unspecified atom stereocenters. The molecule has 2 aromatic rings. The second kappa shape index (κ2) is 8.26. The Labute approximate surface area is 173 Å². The van der Waals surface area contributed by atoms with Crippen LogP contribution in [0.4, 0.5) is 19.0 Å². The van der Waals surface area contributed by atoms with Crippen molar-refractivity contribution in [2.45, 2.75) is 64.5 Å².